The number of alkyl halides is 3. The highest BCUT2D eigenvalue weighted by Gasteiger charge is 2.40. The number of nitrogens with one attached hydrogen (secondary N) is 1. The van der Waals surface area contributed by atoms with Crippen LogP contribution in [-0.2, 0) is 33.9 Å². The quantitative estimate of drug-likeness (QED) is 0.335. The number of halogens is 3. The number of nitrogens with zero attached hydrogens (tertiary/aromatic N) is 4. The molecule has 2 heterocycles. The number of hydrogen-bond acceptors (Lipinski definition) is 7. The van der Waals surface area contributed by atoms with Crippen LogP contribution >= 0.6 is 0 Å². The lowest BCUT2D eigenvalue weighted by molar-refractivity contribution is -0.137. The van der Waals surface area contributed by atoms with Gasteiger partial charge in [0.25, 0.3) is 0 Å². The van der Waals surface area contributed by atoms with E-state index in [-0.39, 0.29) is 24.7 Å². The van der Waals surface area contributed by atoms with Crippen molar-refractivity contribution in [3.63, 3.8) is 0 Å². The summed E-state index contributed by atoms with van der Waals surface area (Å²) in [6.45, 7) is 0.208. The van der Waals surface area contributed by atoms with Crippen molar-refractivity contribution >= 4 is 21.2 Å². The van der Waals surface area contributed by atoms with E-state index in [2.05, 4.69) is 20.7 Å². The molecule has 1 aromatic heterocycles. The van der Waals surface area contributed by atoms with Crippen molar-refractivity contribution in [2.45, 2.75) is 24.9 Å². The molecule has 1 aliphatic heterocycles. The van der Waals surface area contributed by atoms with Gasteiger partial charge in [-0.25, -0.2) is 8.42 Å². The summed E-state index contributed by atoms with van der Waals surface area (Å²) in [4.78, 5) is 1.28. The van der Waals surface area contributed by atoms with Gasteiger partial charge in [0.1, 0.15) is 5.60 Å². The van der Waals surface area contributed by atoms with Crippen LogP contribution in [0.5, 0.6) is 0 Å². The highest BCUT2D eigenvalue weighted by Crippen LogP contribution is 2.32. The van der Waals surface area contributed by atoms with E-state index in [0.717, 1.165) is 23.1 Å². The van der Waals surface area contributed by atoms with Crippen molar-refractivity contribution in [1.29, 1.82) is 0 Å². The summed E-state index contributed by atoms with van der Waals surface area (Å²) < 4.78 is 69.3. The molecular weight excluding hydrogens is 519 g/mol. The second-order valence-electron chi connectivity index (χ2n) is 8.84. The highest BCUT2D eigenvalue weighted by atomic mass is 32.2. The third-order valence-corrected chi connectivity index (χ3v) is 7.36. The maximum atomic E-state index is 12.9. The number of sulfone groups is 1. The average Bonchev–Trinajstić information content (AvgIpc) is 3.47. The van der Waals surface area contributed by atoms with Gasteiger partial charge in [-0.15, -0.1) is 10.2 Å². The molecule has 0 spiro atoms. The van der Waals surface area contributed by atoms with E-state index in [1.807, 2.05) is 30.3 Å². The molecule has 0 saturated heterocycles. The molecule has 1 aliphatic rings. The number of aromatic nitrogens is 4. The number of tetrazole rings is 1. The fourth-order valence-electron chi connectivity index (χ4n) is 4.04. The summed E-state index contributed by atoms with van der Waals surface area (Å²) in [5.74, 6) is -0.00137. The zero-order valence-corrected chi connectivity index (χ0v) is 20.7. The number of benzene rings is 3. The third-order valence-electron chi connectivity index (χ3n) is 5.91. The molecule has 5 rings (SSSR count). The molecule has 0 aliphatic carbocycles. The van der Waals surface area contributed by atoms with Crippen molar-refractivity contribution in [2.75, 3.05) is 11.1 Å². The monoisotopic (exact) mass is 541 g/mol. The molecule has 0 amide bonds. The third kappa shape index (κ3) is 5.92. The van der Waals surface area contributed by atoms with Crippen LogP contribution in [0.1, 0.15) is 11.1 Å². The van der Waals surface area contributed by atoms with Crippen LogP contribution in [0.25, 0.3) is 11.4 Å². The first-order valence-electron chi connectivity index (χ1n) is 11.5. The zero-order valence-electron chi connectivity index (χ0n) is 19.8. The molecule has 1 atom stereocenters. The maximum Gasteiger partial charge on any atom is 0.416 e. The fraction of sp³-hybridized carbons (Fsp3) is 0.192. The molecule has 0 fully saturated rings. The summed E-state index contributed by atoms with van der Waals surface area (Å²) in [7, 11) is -3.45. The minimum Gasteiger partial charge on any atom is -0.363 e. The van der Waals surface area contributed by atoms with Gasteiger partial charge in [0.2, 0.25) is 5.82 Å². The van der Waals surface area contributed by atoms with Gasteiger partial charge in [-0.3, -0.25) is 0 Å². The Morgan fingerprint density at radius 1 is 0.974 bits per heavy atom. The first kappa shape index (κ1) is 25.6. The Bertz CT molecular complexity index is 1560. The van der Waals surface area contributed by atoms with Gasteiger partial charge in [-0.2, -0.15) is 18.0 Å². The Hall–Kier alpha value is -4.03. The minimum absolute atomic E-state index is 0.0110. The maximum absolute atomic E-state index is 12.9. The van der Waals surface area contributed by atoms with E-state index in [4.69, 9.17) is 4.74 Å². The molecule has 12 heteroatoms. The standard InChI is InChI=1S/C26H22F3N5O3S/c27-26(28,29)20-10-12-21(13-11-20)30-23-9-5-4-8-22(23)24-31-33-34(32-24)17-25(14-15-38(35,36)18-25)37-16-19-6-2-1-3-7-19/h1-15,30H,16-18H2. The van der Waals surface area contributed by atoms with Crippen LogP contribution in [-0.4, -0.2) is 40.0 Å². The number of anilines is 2. The first-order chi connectivity index (χ1) is 18.1. The SMILES string of the molecule is O=S1(=O)C=CC(Cn2nnc(-c3ccccc3Nc3ccc(C(F)(F)F)cc3)n2)(OCc2ccccc2)C1. The van der Waals surface area contributed by atoms with E-state index >= 15 is 0 Å². The van der Waals surface area contributed by atoms with E-state index in [0.29, 0.717) is 16.9 Å². The summed E-state index contributed by atoms with van der Waals surface area (Å²) in [6, 6.07) is 21.1. The molecule has 0 radical (unpaired) electrons. The normalized spacial score (nSPS) is 18.5. The van der Waals surface area contributed by atoms with Crippen LogP contribution in [0.15, 0.2) is 90.3 Å². The van der Waals surface area contributed by atoms with Crippen molar-refractivity contribution in [3.8, 4) is 11.4 Å². The zero-order chi connectivity index (χ0) is 26.8. The molecule has 0 saturated carbocycles. The number of para-hydroxylation sites is 1. The first-order valence-corrected chi connectivity index (χ1v) is 13.2. The fourth-order valence-corrected chi connectivity index (χ4v) is 5.55. The lowest BCUT2D eigenvalue weighted by atomic mass is 10.1. The summed E-state index contributed by atoms with van der Waals surface area (Å²) in [6.07, 6.45) is -2.91. The molecule has 196 valence electrons. The minimum atomic E-state index is -4.42. The van der Waals surface area contributed by atoms with Crippen molar-refractivity contribution in [1.82, 2.24) is 20.2 Å². The molecule has 3 aromatic carbocycles. The Morgan fingerprint density at radius 3 is 2.37 bits per heavy atom. The van der Waals surface area contributed by atoms with Gasteiger partial charge >= 0.3 is 6.18 Å². The van der Waals surface area contributed by atoms with Gasteiger partial charge in [0, 0.05) is 22.3 Å². The molecule has 8 nitrogen and oxygen atoms in total. The highest BCUT2D eigenvalue weighted by molar-refractivity contribution is 7.94. The van der Waals surface area contributed by atoms with Gasteiger partial charge in [-0.05, 0) is 53.3 Å². The molecule has 4 aromatic rings. The predicted octanol–water partition coefficient (Wildman–Crippen LogP) is 5.00. The molecule has 1 N–H and O–H groups in total. The smallest absolute Gasteiger partial charge is 0.363 e. The largest absolute Gasteiger partial charge is 0.416 e. The topological polar surface area (TPSA) is 99.0 Å². The van der Waals surface area contributed by atoms with Gasteiger partial charge in [0.05, 0.1) is 24.5 Å². The second kappa shape index (κ2) is 10.0. The second-order valence-corrected chi connectivity index (χ2v) is 10.7. The number of rotatable bonds is 8. The Kier molecular flexibility index (Phi) is 6.76. The predicted molar refractivity (Wildman–Crippen MR) is 135 cm³/mol. The van der Waals surface area contributed by atoms with Crippen molar-refractivity contribution < 1.29 is 26.3 Å². The number of ether oxygens (including phenoxy) is 1. The van der Waals surface area contributed by atoms with E-state index in [1.54, 1.807) is 24.3 Å². The molecule has 38 heavy (non-hydrogen) atoms. The van der Waals surface area contributed by atoms with E-state index in [9.17, 15) is 21.6 Å². The summed E-state index contributed by atoms with van der Waals surface area (Å²) in [5.41, 5.74) is 0.544. The van der Waals surface area contributed by atoms with E-state index in [1.165, 1.54) is 23.0 Å². The van der Waals surface area contributed by atoms with Crippen LogP contribution in [0.3, 0.4) is 0 Å². The molecule has 1 unspecified atom stereocenters. The van der Waals surface area contributed by atoms with E-state index < -0.39 is 27.2 Å². The molecule has 0 bridgehead atoms. The lowest BCUT2D eigenvalue weighted by Gasteiger charge is -2.26. The summed E-state index contributed by atoms with van der Waals surface area (Å²) in [5, 5.41) is 16.9. The van der Waals surface area contributed by atoms with Gasteiger partial charge in [-0.1, -0.05) is 42.5 Å². The Morgan fingerprint density at radius 2 is 1.68 bits per heavy atom. The van der Waals surface area contributed by atoms with Crippen LogP contribution in [0.4, 0.5) is 24.5 Å². The molecular formula is C26H22F3N5O3S. The van der Waals surface area contributed by atoms with Crippen molar-refractivity contribution in [2.24, 2.45) is 0 Å². The average molecular weight is 542 g/mol. The van der Waals surface area contributed by atoms with Crippen LogP contribution < -0.4 is 5.32 Å². The number of hydrogen-bond donors (Lipinski definition) is 1. The Balaban J connectivity index is 1.36. The lowest BCUT2D eigenvalue weighted by Crippen LogP contribution is -2.39. The van der Waals surface area contributed by atoms with Gasteiger partial charge in [0.15, 0.2) is 9.84 Å². The van der Waals surface area contributed by atoms with Crippen LogP contribution in [0, 0.1) is 0 Å². The van der Waals surface area contributed by atoms with Gasteiger partial charge < -0.3 is 10.1 Å². The van der Waals surface area contributed by atoms with Crippen molar-refractivity contribution in [3.05, 3.63) is 101 Å². The Labute approximate surface area is 216 Å². The summed E-state index contributed by atoms with van der Waals surface area (Å²) >= 11 is 0. The van der Waals surface area contributed by atoms with Crippen LogP contribution in [0.2, 0.25) is 0 Å².